The van der Waals surface area contributed by atoms with E-state index in [1.165, 1.54) is 13.0 Å². The summed E-state index contributed by atoms with van der Waals surface area (Å²) in [7, 11) is 0. The molecule has 0 saturated heterocycles. The van der Waals surface area contributed by atoms with Gasteiger partial charge in [-0.25, -0.2) is 0 Å². The second kappa shape index (κ2) is 6.44. The van der Waals surface area contributed by atoms with Crippen LogP contribution in [0, 0.1) is 0 Å². The van der Waals surface area contributed by atoms with Gasteiger partial charge in [0.1, 0.15) is 16.9 Å². The van der Waals surface area contributed by atoms with Crippen molar-refractivity contribution < 1.29 is 19.1 Å². The van der Waals surface area contributed by atoms with Crippen LogP contribution >= 0.6 is 0 Å². The summed E-state index contributed by atoms with van der Waals surface area (Å²) in [6.45, 7) is 5.00. The molecule has 0 bridgehead atoms. The fourth-order valence-corrected chi connectivity index (χ4v) is 1.91. The lowest BCUT2D eigenvalue weighted by Gasteiger charge is -2.20. The zero-order chi connectivity index (χ0) is 16.2. The second-order valence-electron chi connectivity index (χ2n) is 5.10. The first-order chi connectivity index (χ1) is 10.4. The average Bonchev–Trinajstić information content (AvgIpc) is 2.95. The van der Waals surface area contributed by atoms with Crippen LogP contribution in [0.3, 0.4) is 0 Å². The van der Waals surface area contributed by atoms with Gasteiger partial charge in [-0.3, -0.25) is 9.59 Å². The molecular weight excluding hydrogens is 284 g/mol. The van der Waals surface area contributed by atoms with Crippen molar-refractivity contribution in [3.05, 3.63) is 48.7 Å². The Morgan fingerprint density at radius 3 is 2.68 bits per heavy atom. The van der Waals surface area contributed by atoms with Crippen LogP contribution in [0.2, 0.25) is 0 Å². The molecule has 0 aliphatic heterocycles. The van der Waals surface area contributed by atoms with Gasteiger partial charge in [0.15, 0.2) is 0 Å². The summed E-state index contributed by atoms with van der Waals surface area (Å²) >= 11 is 0. The Morgan fingerprint density at radius 1 is 1.32 bits per heavy atom. The summed E-state index contributed by atoms with van der Waals surface area (Å²) in [5, 5.41) is 16.0. The lowest BCUT2D eigenvalue weighted by molar-refractivity contribution is -0.139. The van der Waals surface area contributed by atoms with Crippen molar-refractivity contribution >= 4 is 22.8 Å². The van der Waals surface area contributed by atoms with Crippen molar-refractivity contribution in [1.82, 2.24) is 10.6 Å². The van der Waals surface area contributed by atoms with Gasteiger partial charge in [0.2, 0.25) is 0 Å². The lowest BCUT2D eigenvalue weighted by atomic mass is 10.0. The maximum absolute atomic E-state index is 11.6. The first-order valence-corrected chi connectivity index (χ1v) is 6.82. The van der Waals surface area contributed by atoms with E-state index in [0.717, 1.165) is 5.39 Å². The first-order valence-electron chi connectivity index (χ1n) is 6.82. The van der Waals surface area contributed by atoms with Gasteiger partial charge in [0.05, 0.1) is 6.54 Å². The predicted octanol–water partition coefficient (Wildman–Crippen LogP) is 1.06. The Bertz CT molecular complexity index is 670. The zero-order valence-electron chi connectivity index (χ0n) is 12.3. The second-order valence-corrected chi connectivity index (χ2v) is 5.10. The molecule has 0 aliphatic carbocycles. The van der Waals surface area contributed by atoms with E-state index in [1.807, 2.05) is 18.2 Å². The number of hydrogen-bond donors (Lipinski definition) is 3. The summed E-state index contributed by atoms with van der Waals surface area (Å²) in [5.41, 5.74) is -0.777. The van der Waals surface area contributed by atoms with Crippen molar-refractivity contribution in [2.24, 2.45) is 0 Å². The van der Waals surface area contributed by atoms with Gasteiger partial charge in [0, 0.05) is 11.9 Å². The molecule has 1 heterocycles. The molecule has 22 heavy (non-hydrogen) atoms. The van der Waals surface area contributed by atoms with E-state index in [2.05, 4.69) is 17.2 Å². The number of para-hydroxylation sites is 1. The third-order valence-electron chi connectivity index (χ3n) is 3.16. The minimum Gasteiger partial charge on any atom is -0.458 e. The van der Waals surface area contributed by atoms with Crippen LogP contribution in [0.25, 0.3) is 11.0 Å². The number of hydrogen-bond acceptors (Lipinski definition) is 4. The number of fused-ring (bicyclic) bond motifs is 1. The maximum atomic E-state index is 11.6. The number of carbonyl (C=O) groups is 2. The van der Waals surface area contributed by atoms with E-state index in [4.69, 9.17) is 4.42 Å². The Balaban J connectivity index is 2.02. The molecular formula is C16H18N2O4. The Morgan fingerprint density at radius 2 is 2.00 bits per heavy atom. The Kier molecular flexibility index (Phi) is 4.62. The van der Waals surface area contributed by atoms with Crippen molar-refractivity contribution in [3.63, 3.8) is 0 Å². The number of nitrogens with one attached hydrogen (secondary N) is 2. The number of benzene rings is 1. The molecule has 3 N–H and O–H groups in total. The lowest BCUT2D eigenvalue weighted by Crippen LogP contribution is -2.45. The van der Waals surface area contributed by atoms with Crippen molar-refractivity contribution in [2.45, 2.75) is 12.5 Å². The highest BCUT2D eigenvalue weighted by molar-refractivity contribution is 6.35. The molecule has 1 aromatic heterocycles. The molecule has 1 unspecified atom stereocenters. The largest absolute Gasteiger partial charge is 0.458 e. The topological polar surface area (TPSA) is 91.6 Å². The number of furan rings is 1. The van der Waals surface area contributed by atoms with Crippen LogP contribution in [0.1, 0.15) is 12.7 Å². The maximum Gasteiger partial charge on any atom is 0.309 e. The predicted molar refractivity (Wildman–Crippen MR) is 82.0 cm³/mol. The smallest absolute Gasteiger partial charge is 0.309 e. The molecule has 0 radical (unpaired) electrons. The van der Waals surface area contributed by atoms with Crippen molar-refractivity contribution in [1.29, 1.82) is 0 Å². The average molecular weight is 302 g/mol. The van der Waals surface area contributed by atoms with Gasteiger partial charge < -0.3 is 20.2 Å². The van der Waals surface area contributed by atoms with Crippen LogP contribution in [-0.4, -0.2) is 30.0 Å². The van der Waals surface area contributed by atoms with E-state index in [-0.39, 0.29) is 13.1 Å². The van der Waals surface area contributed by atoms with Crippen molar-refractivity contribution in [2.75, 3.05) is 13.1 Å². The van der Waals surface area contributed by atoms with Gasteiger partial charge in [-0.05, 0) is 19.1 Å². The zero-order valence-corrected chi connectivity index (χ0v) is 12.3. The summed E-state index contributed by atoms with van der Waals surface area (Å²) in [4.78, 5) is 23.0. The number of rotatable bonds is 5. The number of carbonyl (C=O) groups excluding carboxylic acids is 2. The van der Waals surface area contributed by atoms with Crippen LogP contribution in [0.15, 0.2) is 47.4 Å². The SMILES string of the molecule is C=CCNC(=O)C(=O)NCC(C)(O)c1cc2ccccc2o1. The third-order valence-corrected chi connectivity index (χ3v) is 3.16. The van der Waals surface area contributed by atoms with E-state index >= 15 is 0 Å². The molecule has 0 aliphatic rings. The molecule has 1 atom stereocenters. The third kappa shape index (κ3) is 3.53. The van der Waals surface area contributed by atoms with Crippen LogP contribution in [-0.2, 0) is 15.2 Å². The summed E-state index contributed by atoms with van der Waals surface area (Å²) in [6.07, 6.45) is 1.47. The van der Waals surface area contributed by atoms with Crippen molar-refractivity contribution in [3.8, 4) is 0 Å². The van der Waals surface area contributed by atoms with Crippen LogP contribution < -0.4 is 10.6 Å². The molecule has 0 saturated carbocycles. The molecule has 1 aromatic carbocycles. The Hall–Kier alpha value is -2.60. The van der Waals surface area contributed by atoms with E-state index < -0.39 is 17.4 Å². The van der Waals surface area contributed by atoms with Gasteiger partial charge >= 0.3 is 11.8 Å². The number of aliphatic hydroxyl groups is 1. The summed E-state index contributed by atoms with van der Waals surface area (Å²) < 4.78 is 5.58. The van der Waals surface area contributed by atoms with E-state index in [0.29, 0.717) is 11.3 Å². The van der Waals surface area contributed by atoms with Crippen LogP contribution in [0.5, 0.6) is 0 Å². The van der Waals surface area contributed by atoms with Gasteiger partial charge in [-0.15, -0.1) is 6.58 Å². The monoisotopic (exact) mass is 302 g/mol. The van der Waals surface area contributed by atoms with Crippen LogP contribution in [0.4, 0.5) is 0 Å². The summed E-state index contributed by atoms with van der Waals surface area (Å²) in [6, 6.07) is 9.05. The minimum absolute atomic E-state index is 0.146. The Labute approximate surface area is 127 Å². The molecule has 0 spiro atoms. The molecule has 6 nitrogen and oxygen atoms in total. The van der Waals surface area contributed by atoms with E-state index in [1.54, 1.807) is 12.1 Å². The molecule has 116 valence electrons. The van der Waals surface area contributed by atoms with Gasteiger partial charge in [-0.1, -0.05) is 24.3 Å². The highest BCUT2D eigenvalue weighted by atomic mass is 16.4. The molecule has 2 rings (SSSR count). The highest BCUT2D eigenvalue weighted by Gasteiger charge is 2.29. The number of amides is 2. The fourth-order valence-electron chi connectivity index (χ4n) is 1.91. The minimum atomic E-state index is -1.42. The highest BCUT2D eigenvalue weighted by Crippen LogP contribution is 2.27. The molecule has 2 aromatic rings. The quantitative estimate of drug-likeness (QED) is 0.569. The summed E-state index contributed by atoms with van der Waals surface area (Å²) in [5.74, 6) is -1.28. The standard InChI is InChI=1S/C16H18N2O4/c1-3-8-17-14(19)15(20)18-10-16(2,21)13-9-11-6-4-5-7-12(11)22-13/h3-7,9,21H,1,8,10H2,2H3,(H,17,19)(H,18,20). The normalized spacial score (nSPS) is 13.4. The molecule has 2 amide bonds. The molecule has 0 fully saturated rings. The van der Waals surface area contributed by atoms with Gasteiger partial charge in [-0.2, -0.15) is 0 Å². The van der Waals surface area contributed by atoms with E-state index in [9.17, 15) is 14.7 Å². The first kappa shape index (κ1) is 15.8. The fraction of sp³-hybridized carbons (Fsp3) is 0.250. The molecule has 6 heteroatoms. The van der Waals surface area contributed by atoms with Gasteiger partial charge in [0.25, 0.3) is 0 Å².